The van der Waals surface area contributed by atoms with Crippen LogP contribution in [-0.2, 0) is 17.9 Å². The highest BCUT2D eigenvalue weighted by Gasteiger charge is 2.14. The molecule has 0 saturated carbocycles. The van der Waals surface area contributed by atoms with Crippen molar-refractivity contribution in [2.45, 2.75) is 25.3 Å². The van der Waals surface area contributed by atoms with Crippen molar-refractivity contribution in [1.29, 1.82) is 0 Å². The van der Waals surface area contributed by atoms with Crippen LogP contribution in [0.25, 0.3) is 0 Å². The number of aromatic nitrogens is 2. The molecule has 0 bridgehead atoms. The van der Waals surface area contributed by atoms with E-state index in [-0.39, 0.29) is 18.3 Å². The summed E-state index contributed by atoms with van der Waals surface area (Å²) in [6.07, 6.45) is 0. The number of aryl methyl sites for hydroxylation is 1. The van der Waals surface area contributed by atoms with Crippen LogP contribution in [0, 0.1) is 6.92 Å². The molecule has 30 heavy (non-hydrogen) atoms. The van der Waals surface area contributed by atoms with Gasteiger partial charge in [-0.25, -0.2) is 0 Å². The van der Waals surface area contributed by atoms with Crippen LogP contribution in [0.3, 0.4) is 0 Å². The molecule has 1 amide bonds. The van der Waals surface area contributed by atoms with Gasteiger partial charge in [-0.2, -0.15) is 0 Å². The Balaban J connectivity index is 1.45. The van der Waals surface area contributed by atoms with E-state index in [9.17, 15) is 4.79 Å². The number of rotatable bonds is 9. The van der Waals surface area contributed by atoms with E-state index in [1.54, 1.807) is 11.9 Å². The number of carbonyl (C=O) groups excluding carboxylic acids is 1. The number of carbonyl (C=O) groups is 1. The van der Waals surface area contributed by atoms with Gasteiger partial charge >= 0.3 is 0 Å². The molecule has 0 spiro atoms. The molecule has 0 saturated heterocycles. The maximum absolute atomic E-state index is 12.4. The van der Waals surface area contributed by atoms with Gasteiger partial charge < -0.3 is 19.0 Å². The number of amides is 1. The topological polar surface area (TPSA) is 71.7 Å². The lowest BCUT2D eigenvalue weighted by Gasteiger charge is -2.18. The van der Waals surface area contributed by atoms with Gasteiger partial charge in [-0.3, -0.25) is 4.79 Å². The predicted octanol–water partition coefficient (Wildman–Crippen LogP) is 3.77. The second kappa shape index (κ2) is 10.2. The summed E-state index contributed by atoms with van der Waals surface area (Å²) in [6, 6.07) is 15.9. The van der Waals surface area contributed by atoms with Crippen LogP contribution in [-0.4, -0.2) is 47.9 Å². The summed E-state index contributed by atoms with van der Waals surface area (Å²) in [5.74, 6) is 1.35. The van der Waals surface area contributed by atoms with Gasteiger partial charge in [0.2, 0.25) is 5.91 Å². The fourth-order valence-electron chi connectivity index (χ4n) is 2.70. The standard InChI is InChI=1S/C22H26N4O3S/c1-16-6-5-7-19(12-16)28-14-20-23-24-22(29-20)30-15-21(27)26(4)13-17-8-10-18(11-9-17)25(2)3/h5-12H,13-15H2,1-4H3. The molecule has 1 aromatic heterocycles. The van der Waals surface area contributed by atoms with Crippen molar-refractivity contribution in [3.8, 4) is 5.75 Å². The Labute approximate surface area is 181 Å². The number of hydrogen-bond acceptors (Lipinski definition) is 7. The maximum atomic E-state index is 12.4. The number of thioether (sulfide) groups is 1. The molecular formula is C22H26N4O3S. The number of nitrogens with zero attached hydrogens (tertiary/aromatic N) is 4. The Morgan fingerprint density at radius 3 is 2.57 bits per heavy atom. The molecule has 0 fully saturated rings. The van der Waals surface area contributed by atoms with Gasteiger partial charge in [0.15, 0.2) is 6.61 Å². The summed E-state index contributed by atoms with van der Waals surface area (Å²) in [7, 11) is 5.79. The van der Waals surface area contributed by atoms with Crippen LogP contribution in [0.1, 0.15) is 17.0 Å². The summed E-state index contributed by atoms with van der Waals surface area (Å²) >= 11 is 1.23. The van der Waals surface area contributed by atoms with Gasteiger partial charge in [0.25, 0.3) is 11.1 Å². The highest BCUT2D eigenvalue weighted by molar-refractivity contribution is 7.99. The van der Waals surface area contributed by atoms with Crippen LogP contribution in [0.4, 0.5) is 5.69 Å². The summed E-state index contributed by atoms with van der Waals surface area (Å²) in [5.41, 5.74) is 3.32. The Bertz CT molecular complexity index is 973. The third-order valence-corrected chi connectivity index (χ3v) is 5.22. The van der Waals surface area contributed by atoms with Crippen LogP contribution < -0.4 is 9.64 Å². The van der Waals surface area contributed by atoms with Crippen LogP contribution in [0.5, 0.6) is 5.75 Å². The molecule has 0 aliphatic rings. The average molecular weight is 427 g/mol. The predicted molar refractivity (Wildman–Crippen MR) is 118 cm³/mol. The Morgan fingerprint density at radius 1 is 1.10 bits per heavy atom. The summed E-state index contributed by atoms with van der Waals surface area (Å²) < 4.78 is 11.2. The molecule has 0 unspecified atom stereocenters. The van der Waals surface area contributed by atoms with Gasteiger partial charge in [0.1, 0.15) is 5.75 Å². The molecule has 3 aromatic rings. The third-order valence-electron chi connectivity index (χ3n) is 4.42. The van der Waals surface area contributed by atoms with Crippen molar-refractivity contribution in [2.24, 2.45) is 0 Å². The molecule has 2 aromatic carbocycles. The Hall–Kier alpha value is -3.00. The first-order valence-corrected chi connectivity index (χ1v) is 10.5. The number of ether oxygens (including phenoxy) is 1. The average Bonchev–Trinajstić information content (AvgIpc) is 3.19. The van der Waals surface area contributed by atoms with E-state index in [0.717, 1.165) is 22.6 Å². The van der Waals surface area contributed by atoms with E-state index in [1.165, 1.54) is 11.8 Å². The zero-order chi connectivity index (χ0) is 21.5. The first-order valence-electron chi connectivity index (χ1n) is 9.55. The molecule has 0 radical (unpaired) electrons. The lowest BCUT2D eigenvalue weighted by Crippen LogP contribution is -2.27. The van der Waals surface area contributed by atoms with Crippen molar-refractivity contribution in [1.82, 2.24) is 15.1 Å². The highest BCUT2D eigenvalue weighted by atomic mass is 32.2. The van der Waals surface area contributed by atoms with Gasteiger partial charge in [0, 0.05) is 33.4 Å². The fraction of sp³-hybridized carbons (Fsp3) is 0.318. The molecule has 3 rings (SSSR count). The minimum absolute atomic E-state index is 0.00699. The molecule has 0 atom stereocenters. The first-order chi connectivity index (χ1) is 14.4. The second-order valence-corrected chi connectivity index (χ2v) is 8.09. The molecule has 7 nitrogen and oxygen atoms in total. The fourth-order valence-corrected chi connectivity index (χ4v) is 3.42. The van der Waals surface area contributed by atoms with Crippen molar-refractivity contribution >= 4 is 23.4 Å². The lowest BCUT2D eigenvalue weighted by molar-refractivity contribution is -0.127. The highest BCUT2D eigenvalue weighted by Crippen LogP contribution is 2.19. The monoisotopic (exact) mass is 426 g/mol. The van der Waals surface area contributed by atoms with Gasteiger partial charge in [-0.1, -0.05) is 36.0 Å². The van der Waals surface area contributed by atoms with E-state index in [2.05, 4.69) is 10.2 Å². The Kier molecular flexibility index (Phi) is 7.35. The number of benzene rings is 2. The minimum atomic E-state index is -0.00699. The molecule has 158 valence electrons. The van der Waals surface area contributed by atoms with Gasteiger partial charge in [-0.05, 0) is 42.3 Å². The molecular weight excluding hydrogens is 400 g/mol. The van der Waals surface area contributed by atoms with Gasteiger partial charge in [0.05, 0.1) is 5.75 Å². The largest absolute Gasteiger partial charge is 0.484 e. The zero-order valence-electron chi connectivity index (χ0n) is 17.7. The second-order valence-electron chi connectivity index (χ2n) is 7.17. The lowest BCUT2D eigenvalue weighted by atomic mass is 10.2. The van der Waals surface area contributed by atoms with Crippen LogP contribution in [0.15, 0.2) is 58.2 Å². The quantitative estimate of drug-likeness (QED) is 0.482. The van der Waals surface area contributed by atoms with Crippen molar-refractivity contribution < 1.29 is 13.9 Å². The normalized spacial score (nSPS) is 10.7. The molecule has 1 heterocycles. The van der Waals surface area contributed by atoms with Crippen LogP contribution in [0.2, 0.25) is 0 Å². The van der Waals surface area contributed by atoms with Crippen molar-refractivity contribution in [3.63, 3.8) is 0 Å². The van der Waals surface area contributed by atoms with E-state index < -0.39 is 0 Å². The SMILES string of the molecule is Cc1cccc(OCc2nnc(SCC(=O)N(C)Cc3ccc(N(C)C)cc3)o2)c1. The summed E-state index contributed by atoms with van der Waals surface area (Å²) in [5, 5.41) is 8.31. The summed E-state index contributed by atoms with van der Waals surface area (Å²) in [4.78, 5) is 16.2. The molecule has 8 heteroatoms. The number of hydrogen-bond donors (Lipinski definition) is 0. The summed E-state index contributed by atoms with van der Waals surface area (Å²) in [6.45, 7) is 2.74. The van der Waals surface area contributed by atoms with Crippen molar-refractivity contribution in [2.75, 3.05) is 31.8 Å². The van der Waals surface area contributed by atoms with E-state index in [1.807, 2.05) is 74.4 Å². The third kappa shape index (κ3) is 6.25. The van der Waals surface area contributed by atoms with E-state index in [4.69, 9.17) is 9.15 Å². The minimum Gasteiger partial charge on any atom is -0.484 e. The van der Waals surface area contributed by atoms with Crippen molar-refractivity contribution in [3.05, 3.63) is 65.5 Å². The Morgan fingerprint density at radius 2 is 1.87 bits per heavy atom. The zero-order valence-corrected chi connectivity index (χ0v) is 18.5. The van der Waals surface area contributed by atoms with Gasteiger partial charge in [-0.15, -0.1) is 10.2 Å². The maximum Gasteiger partial charge on any atom is 0.277 e. The smallest absolute Gasteiger partial charge is 0.277 e. The van der Waals surface area contributed by atoms with E-state index in [0.29, 0.717) is 17.7 Å². The van der Waals surface area contributed by atoms with E-state index >= 15 is 0 Å². The number of anilines is 1. The molecule has 0 N–H and O–H groups in total. The molecule has 0 aliphatic heterocycles. The first kappa shape index (κ1) is 21.7. The molecule has 0 aliphatic carbocycles. The van der Waals surface area contributed by atoms with Crippen LogP contribution >= 0.6 is 11.8 Å².